The van der Waals surface area contributed by atoms with Crippen LogP contribution in [0.25, 0.3) is 0 Å². The van der Waals surface area contributed by atoms with E-state index in [0.29, 0.717) is 0 Å². The summed E-state index contributed by atoms with van der Waals surface area (Å²) in [5, 5.41) is 2.80. The lowest BCUT2D eigenvalue weighted by atomic mass is 10.3. The van der Waals surface area contributed by atoms with Crippen LogP contribution >= 0.6 is 0 Å². The number of hydrogen-bond acceptors (Lipinski definition) is 2. The van der Waals surface area contributed by atoms with Gasteiger partial charge in [-0.05, 0) is 24.3 Å². The van der Waals surface area contributed by atoms with Crippen molar-refractivity contribution in [1.29, 1.82) is 0 Å². The van der Waals surface area contributed by atoms with Crippen molar-refractivity contribution in [3.63, 3.8) is 0 Å². The predicted molar refractivity (Wildman–Crippen MR) is 79.1 cm³/mol. The summed E-state index contributed by atoms with van der Waals surface area (Å²) >= 11 is 0. The standard InChI is InChI=1S/C16H16N2O/c1-18(15-10-6-3-7-11-15)13-12-16(19)17-14-8-4-2-5-9-14/h2-13H,1H3,(H,17,19). The van der Waals surface area contributed by atoms with Crippen molar-refractivity contribution >= 4 is 17.3 Å². The van der Waals surface area contributed by atoms with Crippen LogP contribution in [0.15, 0.2) is 72.9 Å². The molecule has 19 heavy (non-hydrogen) atoms. The highest BCUT2D eigenvalue weighted by molar-refractivity contribution is 5.99. The molecule has 0 fully saturated rings. The van der Waals surface area contributed by atoms with E-state index in [1.807, 2.05) is 72.6 Å². The molecule has 0 saturated heterocycles. The maximum Gasteiger partial charge on any atom is 0.249 e. The van der Waals surface area contributed by atoms with Gasteiger partial charge in [0.15, 0.2) is 0 Å². The molecule has 2 aromatic rings. The van der Waals surface area contributed by atoms with Gasteiger partial charge in [-0.25, -0.2) is 0 Å². The summed E-state index contributed by atoms with van der Waals surface area (Å²) in [5.74, 6) is -0.144. The molecule has 0 aliphatic carbocycles. The van der Waals surface area contributed by atoms with Crippen LogP contribution in [-0.2, 0) is 4.79 Å². The summed E-state index contributed by atoms with van der Waals surface area (Å²) < 4.78 is 0. The van der Waals surface area contributed by atoms with Gasteiger partial charge in [0.05, 0.1) is 0 Å². The van der Waals surface area contributed by atoms with Gasteiger partial charge in [0, 0.05) is 30.7 Å². The number of nitrogens with zero attached hydrogens (tertiary/aromatic N) is 1. The number of rotatable bonds is 4. The van der Waals surface area contributed by atoms with Crippen molar-refractivity contribution < 1.29 is 4.79 Å². The van der Waals surface area contributed by atoms with Crippen LogP contribution in [0.4, 0.5) is 11.4 Å². The quantitative estimate of drug-likeness (QED) is 0.847. The fourth-order valence-corrected chi connectivity index (χ4v) is 1.63. The molecule has 2 rings (SSSR count). The molecule has 96 valence electrons. The highest BCUT2D eigenvalue weighted by Gasteiger charge is 1.98. The number of hydrogen-bond donors (Lipinski definition) is 1. The van der Waals surface area contributed by atoms with Gasteiger partial charge in [0.2, 0.25) is 5.91 Å². The molecule has 3 heteroatoms. The lowest BCUT2D eigenvalue weighted by Crippen LogP contribution is -2.12. The van der Waals surface area contributed by atoms with Gasteiger partial charge in [-0.1, -0.05) is 36.4 Å². The van der Waals surface area contributed by atoms with Crippen LogP contribution in [-0.4, -0.2) is 13.0 Å². The second kappa shape index (κ2) is 6.40. The summed E-state index contributed by atoms with van der Waals surface area (Å²) in [4.78, 5) is 13.6. The molecule has 1 N–H and O–H groups in total. The van der Waals surface area contributed by atoms with Crippen molar-refractivity contribution in [1.82, 2.24) is 0 Å². The summed E-state index contributed by atoms with van der Waals surface area (Å²) in [6, 6.07) is 19.2. The van der Waals surface area contributed by atoms with Crippen molar-refractivity contribution in [2.45, 2.75) is 0 Å². The third kappa shape index (κ3) is 4.00. The summed E-state index contributed by atoms with van der Waals surface area (Å²) in [6.45, 7) is 0. The van der Waals surface area contributed by atoms with Gasteiger partial charge in [0.1, 0.15) is 0 Å². The molecular weight excluding hydrogens is 236 g/mol. The minimum absolute atomic E-state index is 0.144. The molecule has 0 spiro atoms. The fourth-order valence-electron chi connectivity index (χ4n) is 1.63. The number of carbonyl (C=O) groups is 1. The van der Waals surface area contributed by atoms with Gasteiger partial charge in [-0.3, -0.25) is 4.79 Å². The number of para-hydroxylation sites is 2. The number of benzene rings is 2. The molecule has 0 aromatic heterocycles. The highest BCUT2D eigenvalue weighted by Crippen LogP contribution is 2.11. The average molecular weight is 252 g/mol. The van der Waals surface area contributed by atoms with E-state index < -0.39 is 0 Å². The van der Waals surface area contributed by atoms with E-state index in [2.05, 4.69) is 5.32 Å². The van der Waals surface area contributed by atoms with E-state index in [0.717, 1.165) is 11.4 Å². The van der Waals surface area contributed by atoms with E-state index in [4.69, 9.17) is 0 Å². The Labute approximate surface area is 113 Å². The topological polar surface area (TPSA) is 32.3 Å². The van der Waals surface area contributed by atoms with Crippen LogP contribution < -0.4 is 10.2 Å². The monoisotopic (exact) mass is 252 g/mol. The van der Waals surface area contributed by atoms with E-state index >= 15 is 0 Å². The van der Waals surface area contributed by atoms with Crippen LogP contribution in [0.1, 0.15) is 0 Å². The molecule has 0 radical (unpaired) electrons. The van der Waals surface area contributed by atoms with E-state index in [1.165, 1.54) is 6.08 Å². The molecule has 1 amide bonds. The number of carbonyl (C=O) groups excluding carboxylic acids is 1. The molecular formula is C16H16N2O. The predicted octanol–water partition coefficient (Wildman–Crippen LogP) is 3.28. The van der Waals surface area contributed by atoms with E-state index in [1.54, 1.807) is 6.20 Å². The van der Waals surface area contributed by atoms with Gasteiger partial charge in [-0.15, -0.1) is 0 Å². The maximum absolute atomic E-state index is 11.7. The Morgan fingerprint density at radius 1 is 1.00 bits per heavy atom. The zero-order valence-electron chi connectivity index (χ0n) is 10.8. The third-order valence-corrected chi connectivity index (χ3v) is 2.65. The van der Waals surface area contributed by atoms with E-state index in [-0.39, 0.29) is 5.91 Å². The Morgan fingerprint density at radius 2 is 1.58 bits per heavy atom. The second-order valence-electron chi connectivity index (χ2n) is 4.12. The Morgan fingerprint density at radius 3 is 2.21 bits per heavy atom. The van der Waals surface area contributed by atoms with Crippen molar-refractivity contribution in [2.75, 3.05) is 17.3 Å². The van der Waals surface area contributed by atoms with Crippen LogP contribution in [0.3, 0.4) is 0 Å². The zero-order valence-corrected chi connectivity index (χ0v) is 10.8. The number of amides is 1. The first kappa shape index (κ1) is 12.9. The Kier molecular flexibility index (Phi) is 4.34. The summed E-state index contributed by atoms with van der Waals surface area (Å²) in [7, 11) is 1.90. The summed E-state index contributed by atoms with van der Waals surface area (Å²) in [5.41, 5.74) is 1.82. The van der Waals surface area contributed by atoms with Crippen LogP contribution in [0.2, 0.25) is 0 Å². The largest absolute Gasteiger partial charge is 0.351 e. The zero-order chi connectivity index (χ0) is 13.5. The lowest BCUT2D eigenvalue weighted by molar-refractivity contribution is -0.111. The van der Waals surface area contributed by atoms with Crippen molar-refractivity contribution in [3.8, 4) is 0 Å². The normalized spacial score (nSPS) is 10.4. The van der Waals surface area contributed by atoms with Crippen molar-refractivity contribution in [3.05, 3.63) is 72.9 Å². The smallest absolute Gasteiger partial charge is 0.249 e. The Balaban J connectivity index is 1.94. The molecule has 0 bridgehead atoms. The molecule has 0 saturated carbocycles. The SMILES string of the molecule is CN(C=CC(=O)Nc1ccccc1)c1ccccc1. The Bertz CT molecular complexity index is 549. The van der Waals surface area contributed by atoms with Crippen LogP contribution in [0, 0.1) is 0 Å². The maximum atomic E-state index is 11.7. The molecule has 0 atom stereocenters. The van der Waals surface area contributed by atoms with Crippen molar-refractivity contribution in [2.24, 2.45) is 0 Å². The molecule has 3 nitrogen and oxygen atoms in total. The van der Waals surface area contributed by atoms with Gasteiger partial charge in [-0.2, -0.15) is 0 Å². The summed E-state index contributed by atoms with van der Waals surface area (Å²) in [6.07, 6.45) is 3.26. The Hall–Kier alpha value is -2.55. The minimum atomic E-state index is -0.144. The average Bonchev–Trinajstić information content (AvgIpc) is 2.47. The second-order valence-corrected chi connectivity index (χ2v) is 4.12. The highest BCUT2D eigenvalue weighted by atomic mass is 16.1. The first-order valence-electron chi connectivity index (χ1n) is 6.08. The molecule has 0 aliphatic rings. The third-order valence-electron chi connectivity index (χ3n) is 2.65. The molecule has 0 heterocycles. The fraction of sp³-hybridized carbons (Fsp3) is 0.0625. The van der Waals surface area contributed by atoms with Gasteiger partial charge >= 0.3 is 0 Å². The minimum Gasteiger partial charge on any atom is -0.351 e. The first-order valence-corrected chi connectivity index (χ1v) is 6.08. The first-order chi connectivity index (χ1) is 9.25. The van der Waals surface area contributed by atoms with Gasteiger partial charge in [0.25, 0.3) is 0 Å². The van der Waals surface area contributed by atoms with Gasteiger partial charge < -0.3 is 10.2 Å². The van der Waals surface area contributed by atoms with E-state index in [9.17, 15) is 4.79 Å². The number of nitrogens with one attached hydrogen (secondary N) is 1. The molecule has 0 aliphatic heterocycles. The number of anilines is 2. The van der Waals surface area contributed by atoms with Crippen LogP contribution in [0.5, 0.6) is 0 Å². The molecule has 2 aromatic carbocycles. The molecule has 0 unspecified atom stereocenters. The lowest BCUT2D eigenvalue weighted by Gasteiger charge is -2.13.